The van der Waals surface area contributed by atoms with Crippen LogP contribution < -0.4 is 5.73 Å². The summed E-state index contributed by atoms with van der Waals surface area (Å²) < 4.78 is 5.15. The summed E-state index contributed by atoms with van der Waals surface area (Å²) in [4.78, 5) is 11.0. The minimum atomic E-state index is -0.517. The lowest BCUT2D eigenvalue weighted by molar-refractivity contribution is 0.0973. The Morgan fingerprint density at radius 3 is 2.56 bits per heavy atom. The SMILES string of the molecule is Cc1c(Cc2ccccc2)coc1C(N)=O. The minimum Gasteiger partial charge on any atom is -0.459 e. The summed E-state index contributed by atoms with van der Waals surface area (Å²) in [5.74, 6) is -0.261. The molecule has 0 aliphatic carbocycles. The average Bonchev–Trinajstić information content (AvgIpc) is 2.62. The molecule has 0 aliphatic heterocycles. The predicted octanol–water partition coefficient (Wildman–Crippen LogP) is 2.28. The fourth-order valence-corrected chi connectivity index (χ4v) is 1.69. The Kier molecular flexibility index (Phi) is 2.77. The first-order valence-electron chi connectivity index (χ1n) is 5.09. The van der Waals surface area contributed by atoms with Crippen LogP contribution in [0.2, 0.25) is 0 Å². The second-order valence-electron chi connectivity index (χ2n) is 3.74. The van der Waals surface area contributed by atoms with E-state index < -0.39 is 5.91 Å². The van der Waals surface area contributed by atoms with Crippen LogP contribution in [-0.4, -0.2) is 5.91 Å². The quantitative estimate of drug-likeness (QED) is 0.853. The molecule has 82 valence electrons. The third-order valence-electron chi connectivity index (χ3n) is 2.60. The number of amides is 1. The number of hydrogen-bond donors (Lipinski definition) is 1. The van der Waals surface area contributed by atoms with Crippen molar-refractivity contribution in [3.05, 3.63) is 59.0 Å². The Hall–Kier alpha value is -2.03. The van der Waals surface area contributed by atoms with E-state index in [4.69, 9.17) is 10.2 Å². The van der Waals surface area contributed by atoms with Gasteiger partial charge >= 0.3 is 0 Å². The molecule has 0 saturated carbocycles. The Bertz CT molecular complexity index is 500. The van der Waals surface area contributed by atoms with Crippen LogP contribution in [0.3, 0.4) is 0 Å². The fourth-order valence-electron chi connectivity index (χ4n) is 1.69. The number of benzene rings is 1. The maximum absolute atomic E-state index is 11.0. The molecular weight excluding hydrogens is 202 g/mol. The van der Waals surface area contributed by atoms with Crippen LogP contribution in [0.4, 0.5) is 0 Å². The Morgan fingerprint density at radius 2 is 2.00 bits per heavy atom. The molecule has 2 rings (SSSR count). The van der Waals surface area contributed by atoms with Gasteiger partial charge in [-0.2, -0.15) is 0 Å². The first kappa shape index (κ1) is 10.5. The van der Waals surface area contributed by atoms with Crippen LogP contribution in [0.5, 0.6) is 0 Å². The van der Waals surface area contributed by atoms with E-state index in [0.717, 1.165) is 17.5 Å². The van der Waals surface area contributed by atoms with Crippen molar-refractivity contribution in [3.63, 3.8) is 0 Å². The second-order valence-corrected chi connectivity index (χ2v) is 3.74. The molecule has 16 heavy (non-hydrogen) atoms. The van der Waals surface area contributed by atoms with Crippen molar-refractivity contribution < 1.29 is 9.21 Å². The van der Waals surface area contributed by atoms with Crippen molar-refractivity contribution in [2.45, 2.75) is 13.3 Å². The molecule has 0 atom stereocenters. The number of hydrogen-bond acceptors (Lipinski definition) is 2. The van der Waals surface area contributed by atoms with Gasteiger partial charge < -0.3 is 10.2 Å². The van der Waals surface area contributed by atoms with Gasteiger partial charge in [0.15, 0.2) is 5.76 Å². The topological polar surface area (TPSA) is 56.2 Å². The standard InChI is InChI=1S/C13H13NO2/c1-9-11(8-16-12(9)13(14)15)7-10-5-3-2-4-6-10/h2-6,8H,7H2,1H3,(H2,14,15). The van der Waals surface area contributed by atoms with Crippen molar-refractivity contribution in [2.75, 3.05) is 0 Å². The maximum Gasteiger partial charge on any atom is 0.284 e. The molecule has 1 amide bonds. The highest BCUT2D eigenvalue weighted by atomic mass is 16.3. The molecule has 2 aromatic rings. The zero-order chi connectivity index (χ0) is 11.5. The summed E-state index contributed by atoms with van der Waals surface area (Å²) >= 11 is 0. The fraction of sp³-hybridized carbons (Fsp3) is 0.154. The molecule has 1 aromatic heterocycles. The number of carbonyl (C=O) groups is 1. The summed E-state index contributed by atoms with van der Waals surface area (Å²) in [6.45, 7) is 1.85. The smallest absolute Gasteiger partial charge is 0.284 e. The lowest BCUT2D eigenvalue weighted by Crippen LogP contribution is -2.11. The van der Waals surface area contributed by atoms with Gasteiger partial charge in [0, 0.05) is 12.0 Å². The van der Waals surface area contributed by atoms with E-state index >= 15 is 0 Å². The molecule has 0 bridgehead atoms. The van der Waals surface area contributed by atoms with E-state index in [1.807, 2.05) is 37.3 Å². The van der Waals surface area contributed by atoms with Crippen LogP contribution >= 0.6 is 0 Å². The monoisotopic (exact) mass is 215 g/mol. The number of carbonyl (C=O) groups excluding carboxylic acids is 1. The lowest BCUT2D eigenvalue weighted by atomic mass is 10.0. The van der Waals surface area contributed by atoms with Crippen molar-refractivity contribution in [2.24, 2.45) is 5.73 Å². The van der Waals surface area contributed by atoms with Gasteiger partial charge in [0.05, 0.1) is 6.26 Å². The summed E-state index contributed by atoms with van der Waals surface area (Å²) in [6, 6.07) is 10.0. The van der Waals surface area contributed by atoms with E-state index in [1.54, 1.807) is 6.26 Å². The highest BCUT2D eigenvalue weighted by Gasteiger charge is 2.13. The van der Waals surface area contributed by atoms with E-state index in [2.05, 4.69) is 0 Å². The molecule has 0 radical (unpaired) electrons. The van der Waals surface area contributed by atoms with Gasteiger partial charge in [-0.25, -0.2) is 0 Å². The lowest BCUT2D eigenvalue weighted by Gasteiger charge is -1.99. The Labute approximate surface area is 93.9 Å². The minimum absolute atomic E-state index is 0.255. The normalized spacial score (nSPS) is 10.3. The second kappa shape index (κ2) is 4.23. The molecule has 0 saturated heterocycles. The molecule has 0 aliphatic rings. The van der Waals surface area contributed by atoms with E-state index in [1.165, 1.54) is 5.56 Å². The summed E-state index contributed by atoms with van der Waals surface area (Å²) in [5, 5.41) is 0. The van der Waals surface area contributed by atoms with Crippen LogP contribution in [0.1, 0.15) is 27.2 Å². The molecule has 2 N–H and O–H groups in total. The Balaban J connectivity index is 2.26. The van der Waals surface area contributed by atoms with Crippen molar-refractivity contribution in [3.8, 4) is 0 Å². The van der Waals surface area contributed by atoms with Crippen LogP contribution in [0.15, 0.2) is 41.0 Å². The molecule has 0 unspecified atom stereocenters. The maximum atomic E-state index is 11.0. The third-order valence-corrected chi connectivity index (χ3v) is 2.60. The first-order chi connectivity index (χ1) is 7.68. The molecule has 0 fully saturated rings. The third kappa shape index (κ3) is 1.98. The molecule has 1 aromatic carbocycles. The molecule has 1 heterocycles. The molecule has 3 heteroatoms. The van der Waals surface area contributed by atoms with Gasteiger partial charge in [-0.15, -0.1) is 0 Å². The largest absolute Gasteiger partial charge is 0.459 e. The van der Waals surface area contributed by atoms with E-state index in [-0.39, 0.29) is 5.76 Å². The number of rotatable bonds is 3. The zero-order valence-corrected chi connectivity index (χ0v) is 9.07. The van der Waals surface area contributed by atoms with Crippen molar-refractivity contribution in [1.82, 2.24) is 0 Å². The van der Waals surface area contributed by atoms with E-state index in [9.17, 15) is 4.79 Å². The van der Waals surface area contributed by atoms with Gasteiger partial charge in [0.1, 0.15) is 0 Å². The van der Waals surface area contributed by atoms with Crippen LogP contribution in [-0.2, 0) is 6.42 Å². The number of furan rings is 1. The highest BCUT2D eigenvalue weighted by Crippen LogP contribution is 2.19. The molecule has 0 spiro atoms. The van der Waals surface area contributed by atoms with Gasteiger partial charge in [0.25, 0.3) is 5.91 Å². The number of nitrogens with two attached hydrogens (primary N) is 1. The predicted molar refractivity (Wildman–Crippen MR) is 61.2 cm³/mol. The summed E-state index contributed by atoms with van der Waals surface area (Å²) in [7, 11) is 0. The van der Waals surface area contributed by atoms with Crippen LogP contribution in [0, 0.1) is 6.92 Å². The van der Waals surface area contributed by atoms with Crippen LogP contribution in [0.25, 0.3) is 0 Å². The molecule has 3 nitrogen and oxygen atoms in total. The van der Waals surface area contributed by atoms with Gasteiger partial charge in [-0.3, -0.25) is 4.79 Å². The van der Waals surface area contributed by atoms with Crippen molar-refractivity contribution in [1.29, 1.82) is 0 Å². The summed E-state index contributed by atoms with van der Waals surface area (Å²) in [5.41, 5.74) is 8.20. The Morgan fingerprint density at radius 1 is 1.31 bits per heavy atom. The summed E-state index contributed by atoms with van der Waals surface area (Å²) in [6.07, 6.45) is 2.35. The van der Waals surface area contributed by atoms with Gasteiger partial charge in [-0.05, 0) is 18.1 Å². The zero-order valence-electron chi connectivity index (χ0n) is 9.07. The van der Waals surface area contributed by atoms with Crippen molar-refractivity contribution >= 4 is 5.91 Å². The highest BCUT2D eigenvalue weighted by molar-refractivity contribution is 5.91. The number of primary amides is 1. The first-order valence-corrected chi connectivity index (χ1v) is 5.09. The van der Waals surface area contributed by atoms with Gasteiger partial charge in [-0.1, -0.05) is 30.3 Å². The van der Waals surface area contributed by atoms with E-state index in [0.29, 0.717) is 0 Å². The molecular formula is C13H13NO2. The average molecular weight is 215 g/mol. The van der Waals surface area contributed by atoms with Gasteiger partial charge in [0.2, 0.25) is 0 Å².